The second-order valence-electron chi connectivity index (χ2n) is 11.7. The Kier molecular flexibility index (Phi) is 4.72. The van der Waals surface area contributed by atoms with Gasteiger partial charge in [-0.05, 0) is 68.1 Å². The minimum absolute atomic E-state index is 0.00545. The van der Waals surface area contributed by atoms with E-state index in [1.807, 2.05) is 0 Å². The molecule has 1 heterocycles. The third-order valence-electron chi connectivity index (χ3n) is 10.2. The fourth-order valence-electron chi connectivity index (χ4n) is 9.02. The predicted molar refractivity (Wildman–Crippen MR) is 118 cm³/mol. The van der Waals surface area contributed by atoms with Crippen molar-refractivity contribution in [2.24, 2.45) is 51.8 Å². The Morgan fingerprint density at radius 3 is 2.66 bits per heavy atom. The Balaban J connectivity index is 1.59. The van der Waals surface area contributed by atoms with Crippen LogP contribution in [0.15, 0.2) is 11.6 Å². The van der Waals surface area contributed by atoms with E-state index in [-0.39, 0.29) is 64.9 Å². The molecule has 0 aromatic rings. The smallest absolute Gasteiger partial charge is 0.318 e. The van der Waals surface area contributed by atoms with E-state index in [2.05, 4.69) is 39.7 Å². The van der Waals surface area contributed by atoms with Gasteiger partial charge in [-0.2, -0.15) is 0 Å². The van der Waals surface area contributed by atoms with E-state index in [9.17, 15) is 14.4 Å². The van der Waals surface area contributed by atoms with Crippen molar-refractivity contribution in [1.29, 1.82) is 0 Å². The van der Waals surface area contributed by atoms with Crippen LogP contribution in [0, 0.1) is 64.1 Å². The van der Waals surface area contributed by atoms with Crippen LogP contribution in [-0.4, -0.2) is 24.5 Å². The number of fused-ring (bicyclic) bond motifs is 1. The highest BCUT2D eigenvalue weighted by Crippen LogP contribution is 2.74. The van der Waals surface area contributed by atoms with Crippen LogP contribution in [-0.2, 0) is 23.9 Å². The first kappa shape index (κ1) is 21.7. The van der Waals surface area contributed by atoms with Crippen molar-refractivity contribution in [2.45, 2.75) is 66.2 Å². The highest BCUT2D eigenvalue weighted by atomic mass is 16.6. The van der Waals surface area contributed by atoms with Crippen LogP contribution in [0.25, 0.3) is 0 Å². The SMILES string of the molecule is C#CCOC(=O)[C@]1(C)CCC[C@]2(C)[C@H]3C[C@H]4C(C(C)C)=C[C@]3(CC[C@H]21)[C@@H]1C(=O)OC(=O)[C@@H]14. The van der Waals surface area contributed by atoms with E-state index in [1.54, 1.807) is 0 Å². The summed E-state index contributed by atoms with van der Waals surface area (Å²) in [6.07, 6.45) is 13.1. The zero-order valence-corrected chi connectivity index (χ0v) is 19.6. The van der Waals surface area contributed by atoms with Crippen molar-refractivity contribution < 1.29 is 23.9 Å². The molecule has 8 atom stereocenters. The third kappa shape index (κ3) is 2.56. The molecule has 5 heteroatoms. The number of ether oxygens (including phenoxy) is 2. The summed E-state index contributed by atoms with van der Waals surface area (Å²) in [6.45, 7) is 8.75. The molecule has 2 bridgehead atoms. The zero-order chi connectivity index (χ0) is 23.1. The summed E-state index contributed by atoms with van der Waals surface area (Å²) in [7, 11) is 0. The summed E-state index contributed by atoms with van der Waals surface area (Å²) in [5.41, 5.74) is 0.296. The molecule has 6 rings (SSSR count). The van der Waals surface area contributed by atoms with Crippen molar-refractivity contribution in [2.75, 3.05) is 6.61 Å². The first-order valence-corrected chi connectivity index (χ1v) is 12.2. The third-order valence-corrected chi connectivity index (χ3v) is 10.2. The minimum Gasteiger partial charge on any atom is -0.452 e. The van der Waals surface area contributed by atoms with Crippen LogP contribution < -0.4 is 0 Å². The Morgan fingerprint density at radius 1 is 1.22 bits per heavy atom. The molecule has 0 radical (unpaired) electrons. The molecule has 3 saturated carbocycles. The van der Waals surface area contributed by atoms with Gasteiger partial charge in [0.05, 0.1) is 17.3 Å². The highest BCUT2D eigenvalue weighted by Gasteiger charge is 2.73. The highest BCUT2D eigenvalue weighted by molar-refractivity contribution is 5.98. The molecule has 0 N–H and O–H groups in total. The van der Waals surface area contributed by atoms with Crippen molar-refractivity contribution in [1.82, 2.24) is 0 Å². The normalized spacial score (nSPS) is 46.5. The van der Waals surface area contributed by atoms with Crippen LogP contribution >= 0.6 is 0 Å². The Bertz CT molecular complexity index is 956. The van der Waals surface area contributed by atoms with Gasteiger partial charge in [0.2, 0.25) is 0 Å². The van der Waals surface area contributed by atoms with E-state index >= 15 is 0 Å². The molecule has 4 fully saturated rings. The van der Waals surface area contributed by atoms with Gasteiger partial charge in [-0.25, -0.2) is 0 Å². The number of rotatable bonds is 3. The lowest BCUT2D eigenvalue weighted by atomic mass is 9.34. The van der Waals surface area contributed by atoms with Gasteiger partial charge in [-0.15, -0.1) is 6.42 Å². The number of esters is 3. The van der Waals surface area contributed by atoms with E-state index in [1.165, 1.54) is 5.57 Å². The maximum absolute atomic E-state index is 13.2. The molecule has 0 aromatic carbocycles. The van der Waals surface area contributed by atoms with Gasteiger partial charge in [0, 0.05) is 5.41 Å². The lowest BCUT2D eigenvalue weighted by Crippen LogP contribution is -2.65. The van der Waals surface area contributed by atoms with Gasteiger partial charge < -0.3 is 9.47 Å². The van der Waals surface area contributed by atoms with Crippen molar-refractivity contribution in [3.05, 3.63) is 11.6 Å². The lowest BCUT2D eigenvalue weighted by Gasteiger charge is -2.68. The van der Waals surface area contributed by atoms with Gasteiger partial charge in [0.15, 0.2) is 6.61 Å². The van der Waals surface area contributed by atoms with Gasteiger partial charge in [0.25, 0.3) is 0 Å². The lowest BCUT2D eigenvalue weighted by molar-refractivity contribution is -0.197. The molecule has 6 aliphatic rings. The Morgan fingerprint density at radius 2 is 1.97 bits per heavy atom. The summed E-state index contributed by atoms with van der Waals surface area (Å²) in [5.74, 6) is 1.68. The number of hydrogen-bond donors (Lipinski definition) is 0. The maximum Gasteiger partial charge on any atom is 0.318 e. The van der Waals surface area contributed by atoms with Crippen LogP contribution in [0.3, 0.4) is 0 Å². The van der Waals surface area contributed by atoms with Gasteiger partial charge in [-0.3, -0.25) is 14.4 Å². The van der Waals surface area contributed by atoms with Crippen molar-refractivity contribution in [3.63, 3.8) is 0 Å². The molecule has 1 saturated heterocycles. The molecular weight excluding hydrogens is 404 g/mol. The molecule has 172 valence electrons. The molecule has 1 spiro atoms. The number of cyclic esters (lactones) is 2. The molecule has 5 nitrogen and oxygen atoms in total. The quantitative estimate of drug-likeness (QED) is 0.284. The minimum atomic E-state index is -0.571. The van der Waals surface area contributed by atoms with E-state index in [0.717, 1.165) is 38.5 Å². The standard InChI is InChI=1S/C27H34O5/c1-6-12-31-24(30)26(5)10-7-9-25(4)18(26)8-11-27-14-17(15(2)3)16(13-19(25)27)20-21(27)23(29)32-22(20)28/h1,14-16,18-21H,7-13H2,2-5H3/t16-,18+,19+,20+,21-,25-,26+,27-/m0/s1. The molecule has 1 aliphatic heterocycles. The first-order chi connectivity index (χ1) is 15.1. The number of carbonyl (C=O) groups is 3. The molecule has 0 aromatic heterocycles. The maximum atomic E-state index is 13.2. The van der Waals surface area contributed by atoms with Gasteiger partial charge in [-0.1, -0.05) is 44.8 Å². The fourth-order valence-corrected chi connectivity index (χ4v) is 9.02. The van der Waals surface area contributed by atoms with E-state index < -0.39 is 5.41 Å². The summed E-state index contributed by atoms with van der Waals surface area (Å²) in [6, 6.07) is 0. The molecule has 0 amide bonds. The van der Waals surface area contributed by atoms with Crippen LogP contribution in [0.1, 0.15) is 66.2 Å². The molecule has 0 unspecified atom stereocenters. The summed E-state index contributed by atoms with van der Waals surface area (Å²) in [5, 5.41) is 0. The van der Waals surface area contributed by atoms with Gasteiger partial charge >= 0.3 is 17.9 Å². The Labute approximate surface area is 190 Å². The summed E-state index contributed by atoms with van der Waals surface area (Å²) in [4.78, 5) is 38.9. The average molecular weight is 439 g/mol. The van der Waals surface area contributed by atoms with Gasteiger partial charge in [0.1, 0.15) is 0 Å². The largest absolute Gasteiger partial charge is 0.452 e. The van der Waals surface area contributed by atoms with E-state index in [0.29, 0.717) is 5.92 Å². The second-order valence-corrected chi connectivity index (χ2v) is 11.7. The number of terminal acetylenes is 1. The second kappa shape index (κ2) is 6.95. The van der Waals surface area contributed by atoms with Crippen molar-refractivity contribution in [3.8, 4) is 12.3 Å². The molecule has 5 aliphatic carbocycles. The number of allylic oxidation sites excluding steroid dienone is 2. The molecular formula is C27H34O5. The topological polar surface area (TPSA) is 69.7 Å². The van der Waals surface area contributed by atoms with Crippen LogP contribution in [0.4, 0.5) is 0 Å². The predicted octanol–water partition coefficient (Wildman–Crippen LogP) is 4.30. The van der Waals surface area contributed by atoms with Crippen molar-refractivity contribution >= 4 is 17.9 Å². The average Bonchev–Trinajstić information content (AvgIpc) is 3.07. The van der Waals surface area contributed by atoms with Crippen LogP contribution in [0.5, 0.6) is 0 Å². The summed E-state index contributed by atoms with van der Waals surface area (Å²) >= 11 is 0. The molecule has 32 heavy (non-hydrogen) atoms. The van der Waals surface area contributed by atoms with Crippen LogP contribution in [0.2, 0.25) is 0 Å². The number of hydrogen-bond acceptors (Lipinski definition) is 5. The van der Waals surface area contributed by atoms with E-state index in [4.69, 9.17) is 15.9 Å². The fraction of sp³-hybridized carbons (Fsp3) is 0.741. The number of carbonyl (C=O) groups excluding carboxylic acids is 3. The Hall–Kier alpha value is -2.09. The first-order valence-electron chi connectivity index (χ1n) is 12.2. The zero-order valence-electron chi connectivity index (χ0n) is 19.6. The summed E-state index contributed by atoms with van der Waals surface area (Å²) < 4.78 is 10.7. The monoisotopic (exact) mass is 438 g/mol.